The third-order valence-electron chi connectivity index (χ3n) is 4.52. The molecule has 152 valence electrons. The molecule has 3 rings (SSSR count). The van der Waals surface area contributed by atoms with Crippen LogP contribution in [0.5, 0.6) is 17.4 Å². The zero-order chi connectivity index (χ0) is 20.8. The van der Waals surface area contributed by atoms with Crippen molar-refractivity contribution in [3.63, 3.8) is 0 Å². The molecule has 0 fully saturated rings. The van der Waals surface area contributed by atoms with E-state index in [0.717, 1.165) is 32.8 Å². The number of benzene rings is 2. The SMILES string of the molecule is COc1ccc(CN(Cc2ccc(OC)cc2)c2nc(C)c(Br)c(OC)n2)cc1. The molecule has 3 aromatic rings. The van der Waals surface area contributed by atoms with Crippen molar-refractivity contribution in [2.45, 2.75) is 20.0 Å². The number of hydrogen-bond acceptors (Lipinski definition) is 6. The van der Waals surface area contributed by atoms with Gasteiger partial charge >= 0.3 is 0 Å². The van der Waals surface area contributed by atoms with E-state index in [1.807, 2.05) is 55.5 Å². The van der Waals surface area contributed by atoms with Gasteiger partial charge in [0.05, 0.1) is 27.0 Å². The predicted octanol–water partition coefficient (Wildman–Crippen LogP) is 4.78. The van der Waals surface area contributed by atoms with Gasteiger partial charge in [-0.05, 0) is 58.2 Å². The zero-order valence-corrected chi connectivity index (χ0v) is 18.6. The number of halogens is 1. The molecule has 6 nitrogen and oxygen atoms in total. The molecule has 0 saturated carbocycles. The van der Waals surface area contributed by atoms with Gasteiger partial charge in [-0.1, -0.05) is 24.3 Å². The number of rotatable bonds is 8. The van der Waals surface area contributed by atoms with Crippen LogP contribution >= 0.6 is 15.9 Å². The van der Waals surface area contributed by atoms with Crippen molar-refractivity contribution in [3.8, 4) is 17.4 Å². The van der Waals surface area contributed by atoms with E-state index in [2.05, 4.69) is 30.8 Å². The van der Waals surface area contributed by atoms with Crippen LogP contribution in [0.2, 0.25) is 0 Å². The first-order valence-electron chi connectivity index (χ1n) is 9.13. The van der Waals surface area contributed by atoms with Gasteiger partial charge in [-0.3, -0.25) is 0 Å². The average Bonchev–Trinajstić information content (AvgIpc) is 2.76. The van der Waals surface area contributed by atoms with Crippen LogP contribution in [0.15, 0.2) is 53.0 Å². The van der Waals surface area contributed by atoms with Gasteiger partial charge < -0.3 is 19.1 Å². The highest BCUT2D eigenvalue weighted by molar-refractivity contribution is 9.10. The number of aromatic nitrogens is 2. The van der Waals surface area contributed by atoms with Gasteiger partial charge in [0.25, 0.3) is 0 Å². The van der Waals surface area contributed by atoms with Crippen LogP contribution in [0, 0.1) is 6.92 Å². The van der Waals surface area contributed by atoms with E-state index < -0.39 is 0 Å². The lowest BCUT2D eigenvalue weighted by Gasteiger charge is -2.24. The van der Waals surface area contributed by atoms with E-state index in [9.17, 15) is 0 Å². The Morgan fingerprint density at radius 2 is 1.24 bits per heavy atom. The third kappa shape index (κ3) is 5.17. The second-order valence-corrected chi connectivity index (χ2v) is 7.28. The minimum absolute atomic E-state index is 0.516. The standard InChI is InChI=1S/C22H24BrN3O3/c1-15-20(23)21(29-4)25-22(24-15)26(13-16-5-9-18(27-2)10-6-16)14-17-7-11-19(28-3)12-8-17/h5-12H,13-14H2,1-4H3. The van der Waals surface area contributed by atoms with Crippen LogP contribution in [0.25, 0.3) is 0 Å². The fraction of sp³-hybridized carbons (Fsp3) is 0.273. The maximum absolute atomic E-state index is 5.42. The van der Waals surface area contributed by atoms with Crippen molar-refractivity contribution in [2.75, 3.05) is 26.2 Å². The molecule has 0 N–H and O–H groups in total. The summed E-state index contributed by atoms with van der Waals surface area (Å²) in [6.45, 7) is 3.21. The van der Waals surface area contributed by atoms with E-state index in [4.69, 9.17) is 14.2 Å². The van der Waals surface area contributed by atoms with Gasteiger partial charge in [0.1, 0.15) is 16.0 Å². The fourth-order valence-electron chi connectivity index (χ4n) is 2.90. The predicted molar refractivity (Wildman–Crippen MR) is 117 cm³/mol. The quantitative estimate of drug-likeness (QED) is 0.484. The van der Waals surface area contributed by atoms with Gasteiger partial charge in [-0.25, -0.2) is 4.98 Å². The minimum atomic E-state index is 0.516. The molecule has 2 aromatic carbocycles. The summed E-state index contributed by atoms with van der Waals surface area (Å²) in [7, 11) is 4.93. The van der Waals surface area contributed by atoms with Crippen molar-refractivity contribution in [1.82, 2.24) is 9.97 Å². The molecular weight excluding hydrogens is 434 g/mol. The van der Waals surface area contributed by atoms with Crippen LogP contribution in [-0.2, 0) is 13.1 Å². The second kappa shape index (κ2) is 9.60. The minimum Gasteiger partial charge on any atom is -0.497 e. The Morgan fingerprint density at radius 1 is 0.759 bits per heavy atom. The number of methoxy groups -OCH3 is 3. The summed E-state index contributed by atoms with van der Waals surface area (Å²) in [5.74, 6) is 2.77. The Kier molecular flexibility index (Phi) is 6.93. The van der Waals surface area contributed by atoms with Gasteiger partial charge in [0.15, 0.2) is 0 Å². The summed E-state index contributed by atoms with van der Waals surface area (Å²) in [5.41, 5.74) is 3.08. The topological polar surface area (TPSA) is 56.7 Å². The van der Waals surface area contributed by atoms with Gasteiger partial charge in [-0.15, -0.1) is 0 Å². The van der Waals surface area contributed by atoms with Gasteiger partial charge in [0.2, 0.25) is 11.8 Å². The van der Waals surface area contributed by atoms with Crippen LogP contribution in [-0.4, -0.2) is 31.3 Å². The molecule has 0 amide bonds. The van der Waals surface area contributed by atoms with E-state index in [-0.39, 0.29) is 0 Å². The maximum Gasteiger partial charge on any atom is 0.232 e. The highest BCUT2D eigenvalue weighted by Gasteiger charge is 2.17. The first-order chi connectivity index (χ1) is 14.0. The molecule has 0 spiro atoms. The Balaban J connectivity index is 1.94. The number of anilines is 1. The van der Waals surface area contributed by atoms with Crippen LogP contribution < -0.4 is 19.1 Å². The first-order valence-corrected chi connectivity index (χ1v) is 9.92. The van der Waals surface area contributed by atoms with Crippen molar-refractivity contribution in [2.24, 2.45) is 0 Å². The summed E-state index contributed by atoms with van der Waals surface area (Å²) in [6, 6.07) is 16.0. The van der Waals surface area contributed by atoms with E-state index in [1.54, 1.807) is 21.3 Å². The molecule has 29 heavy (non-hydrogen) atoms. The zero-order valence-electron chi connectivity index (χ0n) is 17.0. The number of ether oxygens (including phenoxy) is 3. The second-order valence-electron chi connectivity index (χ2n) is 6.48. The lowest BCUT2D eigenvalue weighted by molar-refractivity contribution is 0.393. The van der Waals surface area contributed by atoms with Crippen LogP contribution in [0.4, 0.5) is 5.95 Å². The summed E-state index contributed by atoms with van der Waals surface area (Å²) < 4.78 is 16.7. The number of hydrogen-bond donors (Lipinski definition) is 0. The molecule has 0 aliphatic carbocycles. The Labute approximate surface area is 179 Å². The lowest BCUT2D eigenvalue weighted by atomic mass is 10.1. The molecule has 7 heteroatoms. The molecule has 1 aromatic heterocycles. The van der Waals surface area contributed by atoms with Crippen molar-refractivity contribution < 1.29 is 14.2 Å². The summed E-state index contributed by atoms with van der Waals surface area (Å²) in [4.78, 5) is 11.4. The first kappa shape index (κ1) is 20.9. The van der Waals surface area contributed by atoms with Crippen LogP contribution in [0.3, 0.4) is 0 Å². The molecule has 0 radical (unpaired) electrons. The monoisotopic (exact) mass is 457 g/mol. The molecule has 0 bridgehead atoms. The Bertz CT molecular complexity index is 897. The highest BCUT2D eigenvalue weighted by atomic mass is 79.9. The summed E-state index contributed by atoms with van der Waals surface area (Å²) in [6.07, 6.45) is 0. The number of aryl methyl sites for hydroxylation is 1. The smallest absolute Gasteiger partial charge is 0.232 e. The Hall–Kier alpha value is -2.80. The normalized spacial score (nSPS) is 10.5. The number of nitrogens with zero attached hydrogens (tertiary/aromatic N) is 3. The fourth-order valence-corrected chi connectivity index (χ4v) is 3.23. The molecule has 0 aliphatic heterocycles. The van der Waals surface area contributed by atoms with Crippen molar-refractivity contribution >= 4 is 21.9 Å². The summed E-state index contributed by atoms with van der Waals surface area (Å²) >= 11 is 3.49. The van der Waals surface area contributed by atoms with Gasteiger partial charge in [0, 0.05) is 13.1 Å². The largest absolute Gasteiger partial charge is 0.497 e. The van der Waals surface area contributed by atoms with E-state index in [1.165, 1.54) is 0 Å². The molecular formula is C22H24BrN3O3. The summed E-state index contributed by atoms with van der Waals surface area (Å²) in [5, 5.41) is 0. The van der Waals surface area contributed by atoms with Crippen molar-refractivity contribution in [3.05, 3.63) is 69.8 Å². The molecule has 1 heterocycles. The van der Waals surface area contributed by atoms with E-state index >= 15 is 0 Å². The van der Waals surface area contributed by atoms with Crippen molar-refractivity contribution in [1.29, 1.82) is 0 Å². The average molecular weight is 458 g/mol. The van der Waals surface area contributed by atoms with Crippen LogP contribution in [0.1, 0.15) is 16.8 Å². The molecule has 0 unspecified atom stereocenters. The molecule has 0 saturated heterocycles. The van der Waals surface area contributed by atoms with Gasteiger partial charge in [-0.2, -0.15) is 4.98 Å². The molecule has 0 aliphatic rings. The van der Waals surface area contributed by atoms with E-state index in [0.29, 0.717) is 24.9 Å². The Morgan fingerprint density at radius 3 is 1.66 bits per heavy atom. The highest BCUT2D eigenvalue weighted by Crippen LogP contribution is 2.29. The maximum atomic E-state index is 5.42. The lowest BCUT2D eigenvalue weighted by Crippen LogP contribution is -2.25. The molecule has 0 atom stereocenters. The third-order valence-corrected chi connectivity index (χ3v) is 5.43.